The maximum Gasteiger partial charge on any atom is 0.330 e. The number of aromatic amines is 1. The topological polar surface area (TPSA) is 101 Å². The molecule has 150 valence electrons. The Morgan fingerprint density at radius 1 is 1.14 bits per heavy atom. The lowest BCUT2D eigenvalue weighted by atomic mass is 10.1. The Morgan fingerprint density at radius 2 is 1.83 bits per heavy atom. The zero-order valence-electron chi connectivity index (χ0n) is 15.5. The van der Waals surface area contributed by atoms with Gasteiger partial charge >= 0.3 is 5.69 Å². The molecule has 0 saturated carbocycles. The first-order valence-corrected chi connectivity index (χ1v) is 8.77. The summed E-state index contributed by atoms with van der Waals surface area (Å²) in [5.74, 6) is -3.02. The fourth-order valence-electron chi connectivity index (χ4n) is 2.97. The Hall–Kier alpha value is -3.75. The molecule has 29 heavy (non-hydrogen) atoms. The van der Waals surface area contributed by atoms with Gasteiger partial charge in [0.1, 0.15) is 17.5 Å². The summed E-state index contributed by atoms with van der Waals surface area (Å²) in [6.07, 6.45) is 0. The van der Waals surface area contributed by atoms with Crippen molar-refractivity contribution in [2.24, 2.45) is 0 Å². The van der Waals surface area contributed by atoms with Crippen LogP contribution in [0.15, 0.2) is 58.1 Å². The molecular formula is C20H18F2N4O3. The number of hydrogen-bond acceptors (Lipinski definition) is 4. The van der Waals surface area contributed by atoms with Gasteiger partial charge in [-0.3, -0.25) is 19.1 Å². The summed E-state index contributed by atoms with van der Waals surface area (Å²) in [5, 5.41) is 0. The molecule has 0 spiro atoms. The van der Waals surface area contributed by atoms with Crippen LogP contribution in [0, 0.1) is 11.6 Å². The van der Waals surface area contributed by atoms with E-state index in [9.17, 15) is 23.2 Å². The lowest BCUT2D eigenvalue weighted by Gasteiger charge is -2.23. The van der Waals surface area contributed by atoms with E-state index in [1.54, 1.807) is 31.2 Å². The van der Waals surface area contributed by atoms with Gasteiger partial charge in [-0.1, -0.05) is 30.3 Å². The van der Waals surface area contributed by atoms with Gasteiger partial charge in [0, 0.05) is 12.6 Å². The zero-order valence-corrected chi connectivity index (χ0v) is 15.5. The molecule has 0 aliphatic heterocycles. The molecule has 7 nitrogen and oxygen atoms in total. The number of nitrogens with one attached hydrogen (secondary N) is 1. The number of nitrogen functional groups attached to an aromatic ring is 1. The van der Waals surface area contributed by atoms with Crippen LogP contribution >= 0.6 is 0 Å². The van der Waals surface area contributed by atoms with E-state index in [-0.39, 0.29) is 24.6 Å². The molecule has 0 fully saturated rings. The highest BCUT2D eigenvalue weighted by molar-refractivity contribution is 6.07. The summed E-state index contributed by atoms with van der Waals surface area (Å²) in [6.45, 7) is 1.59. The minimum absolute atomic E-state index is 0.0352. The van der Waals surface area contributed by atoms with Crippen molar-refractivity contribution in [1.29, 1.82) is 0 Å². The second kappa shape index (κ2) is 8.09. The van der Waals surface area contributed by atoms with Crippen LogP contribution in [0.3, 0.4) is 0 Å². The van der Waals surface area contributed by atoms with E-state index in [1.165, 1.54) is 0 Å². The number of nitrogens with two attached hydrogens (primary N) is 1. The number of amides is 1. The SMILES string of the molecule is CCN(C(=O)c1ccc(F)cc1F)c1c(N)n(Cc2ccccc2)c(=O)[nH]c1=O. The molecule has 1 aromatic heterocycles. The van der Waals surface area contributed by atoms with Gasteiger partial charge in [0.2, 0.25) is 0 Å². The quantitative estimate of drug-likeness (QED) is 0.685. The van der Waals surface area contributed by atoms with E-state index in [4.69, 9.17) is 5.73 Å². The highest BCUT2D eigenvalue weighted by Gasteiger charge is 2.26. The summed E-state index contributed by atoms with van der Waals surface area (Å²) in [7, 11) is 0. The minimum atomic E-state index is -1.07. The Kier molecular flexibility index (Phi) is 5.58. The van der Waals surface area contributed by atoms with Crippen molar-refractivity contribution in [2.75, 3.05) is 17.2 Å². The standard InChI is InChI=1S/C20H18F2N4O3/c1-2-25(19(28)14-9-8-13(21)10-15(14)22)16-17(23)26(20(29)24-18(16)27)11-12-6-4-3-5-7-12/h3-10H,2,11,23H2,1H3,(H,24,27,29). The molecule has 3 aromatic rings. The second-order valence-electron chi connectivity index (χ2n) is 6.24. The minimum Gasteiger partial charge on any atom is -0.383 e. The highest BCUT2D eigenvalue weighted by Crippen LogP contribution is 2.21. The van der Waals surface area contributed by atoms with Crippen LogP contribution in [0.2, 0.25) is 0 Å². The van der Waals surface area contributed by atoms with Gasteiger partial charge in [-0.2, -0.15) is 0 Å². The van der Waals surface area contributed by atoms with Crippen molar-refractivity contribution in [3.05, 3.63) is 92.1 Å². The van der Waals surface area contributed by atoms with E-state index < -0.39 is 34.4 Å². The number of rotatable bonds is 5. The lowest BCUT2D eigenvalue weighted by molar-refractivity contribution is 0.0984. The molecule has 0 aliphatic rings. The fourth-order valence-corrected chi connectivity index (χ4v) is 2.97. The van der Waals surface area contributed by atoms with Crippen LogP contribution in [0.1, 0.15) is 22.8 Å². The summed E-state index contributed by atoms with van der Waals surface area (Å²) in [5.41, 5.74) is 4.51. The molecular weight excluding hydrogens is 382 g/mol. The number of carbonyl (C=O) groups is 1. The van der Waals surface area contributed by atoms with E-state index in [1.807, 2.05) is 6.07 Å². The first-order valence-electron chi connectivity index (χ1n) is 8.77. The van der Waals surface area contributed by atoms with Crippen molar-refractivity contribution in [3.63, 3.8) is 0 Å². The number of nitrogens with zero attached hydrogens (tertiary/aromatic N) is 2. The van der Waals surface area contributed by atoms with E-state index in [2.05, 4.69) is 4.98 Å². The van der Waals surface area contributed by atoms with Gasteiger partial charge in [-0.25, -0.2) is 13.6 Å². The van der Waals surface area contributed by atoms with Gasteiger partial charge in [-0.05, 0) is 24.6 Å². The van der Waals surface area contributed by atoms with Crippen molar-refractivity contribution in [1.82, 2.24) is 9.55 Å². The Bertz CT molecular complexity index is 1170. The lowest BCUT2D eigenvalue weighted by Crippen LogP contribution is -2.41. The monoisotopic (exact) mass is 400 g/mol. The third kappa shape index (κ3) is 3.93. The van der Waals surface area contributed by atoms with Crippen molar-refractivity contribution >= 4 is 17.4 Å². The maximum absolute atomic E-state index is 14.1. The summed E-state index contributed by atoms with van der Waals surface area (Å²) < 4.78 is 28.4. The van der Waals surface area contributed by atoms with Gasteiger partial charge in [0.15, 0.2) is 5.69 Å². The van der Waals surface area contributed by atoms with Crippen LogP contribution in [-0.2, 0) is 6.54 Å². The third-order valence-corrected chi connectivity index (χ3v) is 4.39. The molecule has 0 aliphatic carbocycles. The predicted octanol–water partition coefficient (Wildman–Crippen LogP) is 2.11. The number of halogens is 2. The highest BCUT2D eigenvalue weighted by atomic mass is 19.1. The number of hydrogen-bond donors (Lipinski definition) is 2. The first-order chi connectivity index (χ1) is 13.8. The van der Waals surface area contributed by atoms with Crippen molar-refractivity contribution in [3.8, 4) is 0 Å². The largest absolute Gasteiger partial charge is 0.383 e. The molecule has 0 atom stereocenters. The summed E-state index contributed by atoms with van der Waals surface area (Å²) in [6, 6.07) is 11.4. The molecule has 2 aromatic carbocycles. The Morgan fingerprint density at radius 3 is 2.45 bits per heavy atom. The first kappa shape index (κ1) is 20.0. The molecule has 1 amide bonds. The zero-order chi connectivity index (χ0) is 21.1. The van der Waals surface area contributed by atoms with E-state index in [0.717, 1.165) is 27.2 Å². The van der Waals surface area contributed by atoms with Gasteiger partial charge < -0.3 is 10.6 Å². The average Bonchev–Trinajstić information content (AvgIpc) is 2.68. The van der Waals surface area contributed by atoms with Gasteiger partial charge in [0.05, 0.1) is 12.1 Å². The van der Waals surface area contributed by atoms with Crippen molar-refractivity contribution < 1.29 is 13.6 Å². The van der Waals surface area contributed by atoms with Gasteiger partial charge in [0.25, 0.3) is 11.5 Å². The fraction of sp³-hybridized carbons (Fsp3) is 0.150. The average molecular weight is 400 g/mol. The molecule has 0 radical (unpaired) electrons. The number of H-pyrrole nitrogens is 1. The summed E-state index contributed by atoms with van der Waals surface area (Å²) >= 11 is 0. The normalized spacial score (nSPS) is 10.7. The van der Waals surface area contributed by atoms with Crippen LogP contribution in [-0.4, -0.2) is 22.0 Å². The molecule has 3 rings (SSSR count). The van der Waals surface area contributed by atoms with Crippen LogP contribution < -0.4 is 21.9 Å². The van der Waals surface area contributed by atoms with E-state index >= 15 is 0 Å². The predicted molar refractivity (Wildman–Crippen MR) is 105 cm³/mol. The van der Waals surface area contributed by atoms with E-state index in [0.29, 0.717) is 6.07 Å². The third-order valence-electron chi connectivity index (χ3n) is 4.39. The molecule has 1 heterocycles. The molecule has 9 heteroatoms. The number of anilines is 2. The van der Waals surface area contributed by atoms with Crippen LogP contribution in [0.25, 0.3) is 0 Å². The van der Waals surface area contributed by atoms with Crippen molar-refractivity contribution in [2.45, 2.75) is 13.5 Å². The smallest absolute Gasteiger partial charge is 0.330 e. The molecule has 3 N–H and O–H groups in total. The molecule has 0 bridgehead atoms. The molecule has 0 unspecified atom stereocenters. The maximum atomic E-state index is 14.1. The number of benzene rings is 2. The van der Waals surface area contributed by atoms with Gasteiger partial charge in [-0.15, -0.1) is 0 Å². The number of carbonyl (C=O) groups excluding carboxylic acids is 1. The molecule has 0 saturated heterocycles. The Labute approximate surface area is 164 Å². The summed E-state index contributed by atoms with van der Waals surface area (Å²) in [4.78, 5) is 40.6. The van der Waals surface area contributed by atoms with Crippen LogP contribution in [0.4, 0.5) is 20.3 Å². The Balaban J connectivity index is 2.10. The number of aromatic nitrogens is 2. The second-order valence-corrected chi connectivity index (χ2v) is 6.24. The van der Waals surface area contributed by atoms with Crippen LogP contribution in [0.5, 0.6) is 0 Å².